The van der Waals surface area contributed by atoms with Crippen molar-refractivity contribution in [2.24, 2.45) is 0 Å². The molecule has 0 unspecified atom stereocenters. The van der Waals surface area contributed by atoms with Crippen LogP contribution in [0.3, 0.4) is 0 Å². The molecule has 4 aliphatic rings. The maximum absolute atomic E-state index is 12.4. The van der Waals surface area contributed by atoms with Crippen LogP contribution in [0.2, 0.25) is 0 Å². The van der Waals surface area contributed by atoms with E-state index in [2.05, 4.69) is 64.5 Å². The normalized spacial score (nSPS) is 23.7. The predicted octanol–water partition coefficient (Wildman–Crippen LogP) is 3.45. The highest BCUT2D eigenvalue weighted by Gasteiger charge is 2.53. The van der Waals surface area contributed by atoms with Crippen LogP contribution in [0.5, 0.6) is 6.01 Å². The van der Waals surface area contributed by atoms with E-state index in [0.29, 0.717) is 38.3 Å². The minimum absolute atomic E-state index is 0.0118. The Hall–Kier alpha value is -3.66. The zero-order chi connectivity index (χ0) is 28.3. The number of rotatable bonds is 6. The third-order valence-corrected chi connectivity index (χ3v) is 9.79. The fourth-order valence-corrected chi connectivity index (χ4v) is 7.19. The molecular weight excluding hydrogens is 516 g/mol. The number of aromatic amines is 1. The van der Waals surface area contributed by atoms with Crippen molar-refractivity contribution < 1.29 is 9.53 Å². The van der Waals surface area contributed by atoms with Crippen molar-refractivity contribution in [2.75, 3.05) is 49.6 Å². The number of aromatic nitrogens is 4. The van der Waals surface area contributed by atoms with Gasteiger partial charge < -0.3 is 24.3 Å². The Kier molecular flexibility index (Phi) is 6.41. The van der Waals surface area contributed by atoms with Crippen LogP contribution in [0.4, 0.5) is 11.5 Å². The first kappa shape index (κ1) is 26.3. The van der Waals surface area contributed by atoms with Gasteiger partial charge in [-0.1, -0.05) is 12.6 Å². The molecular formula is C31H40N8O2. The molecule has 1 amide bonds. The first-order chi connectivity index (χ1) is 19.9. The highest BCUT2D eigenvalue weighted by Crippen LogP contribution is 2.53. The van der Waals surface area contributed by atoms with Crippen LogP contribution >= 0.6 is 0 Å². The second-order valence-corrected chi connectivity index (χ2v) is 12.4. The molecule has 2 aromatic heterocycles. The van der Waals surface area contributed by atoms with E-state index in [1.807, 2.05) is 11.1 Å². The number of nitrogens with zero attached hydrogens (tertiary/aromatic N) is 7. The minimum atomic E-state index is -0.0118. The predicted molar refractivity (Wildman–Crippen MR) is 159 cm³/mol. The largest absolute Gasteiger partial charge is 0.462 e. The molecule has 3 aliphatic heterocycles. The van der Waals surface area contributed by atoms with Crippen molar-refractivity contribution in [1.29, 1.82) is 0 Å². The third-order valence-electron chi connectivity index (χ3n) is 9.79. The zero-order valence-electron chi connectivity index (χ0n) is 24.4. The number of ether oxygens (including phenoxy) is 1. The number of likely N-dealkylation sites (tertiary alicyclic amines) is 1. The summed E-state index contributed by atoms with van der Waals surface area (Å²) < 4.78 is 6.36. The topological polar surface area (TPSA) is 93.7 Å². The molecule has 3 aromatic rings. The summed E-state index contributed by atoms with van der Waals surface area (Å²) >= 11 is 0. The van der Waals surface area contributed by atoms with E-state index < -0.39 is 0 Å². The molecule has 1 N–H and O–H groups in total. The van der Waals surface area contributed by atoms with E-state index in [1.54, 1.807) is 0 Å². The summed E-state index contributed by atoms with van der Waals surface area (Å²) in [5, 5.41) is 8.67. The second kappa shape index (κ2) is 10.0. The van der Waals surface area contributed by atoms with Gasteiger partial charge in [0.2, 0.25) is 5.91 Å². The molecule has 216 valence electrons. The van der Waals surface area contributed by atoms with Crippen molar-refractivity contribution >= 4 is 28.3 Å². The van der Waals surface area contributed by atoms with Crippen molar-refractivity contribution in [2.45, 2.75) is 70.1 Å². The van der Waals surface area contributed by atoms with Crippen molar-refractivity contribution in [3.63, 3.8) is 0 Å². The fourth-order valence-electron chi connectivity index (χ4n) is 7.19. The Morgan fingerprint density at radius 3 is 2.83 bits per heavy atom. The number of anilines is 2. The maximum atomic E-state index is 12.4. The minimum Gasteiger partial charge on any atom is -0.462 e. The molecule has 0 radical (unpaired) electrons. The summed E-state index contributed by atoms with van der Waals surface area (Å²) in [5.41, 5.74) is 5.89. The summed E-state index contributed by atoms with van der Waals surface area (Å²) in [6, 6.07) is 5.27. The van der Waals surface area contributed by atoms with Crippen LogP contribution in [0, 0.1) is 6.92 Å². The maximum Gasteiger partial charge on any atom is 0.318 e. The monoisotopic (exact) mass is 556 g/mol. The van der Waals surface area contributed by atoms with Crippen molar-refractivity contribution in [1.82, 2.24) is 30.0 Å². The number of hydrogen-bond donors (Lipinski definition) is 1. The van der Waals surface area contributed by atoms with E-state index in [9.17, 15) is 4.79 Å². The highest BCUT2D eigenvalue weighted by molar-refractivity contribution is 5.94. The zero-order valence-corrected chi connectivity index (χ0v) is 24.4. The summed E-state index contributed by atoms with van der Waals surface area (Å²) in [4.78, 5) is 31.8. The molecule has 1 aliphatic carbocycles. The van der Waals surface area contributed by atoms with Crippen LogP contribution in [-0.4, -0.2) is 93.3 Å². The Morgan fingerprint density at radius 2 is 2.10 bits per heavy atom. The van der Waals surface area contributed by atoms with Gasteiger partial charge in [0.15, 0.2) is 0 Å². The van der Waals surface area contributed by atoms with E-state index >= 15 is 0 Å². The van der Waals surface area contributed by atoms with Gasteiger partial charge in [0.25, 0.3) is 0 Å². The Labute approximate surface area is 241 Å². The van der Waals surface area contributed by atoms with E-state index in [-0.39, 0.29) is 17.5 Å². The standard InChI is InChI=1S/C31H40N8O2/c1-5-27(40)37-13-14-38(21(3)17-37)29-23-15-31(10-11-31)39(28-20(2)8-9-25-24(28)16-32-35-25)18-26(23)33-30(34-29)41-19-22-7-6-12-36(22)4/h5,8-9,16,21-22H,1,6-7,10-15,17-19H2,2-4H3,(H,32,35)/t21-,22-/m0/s1. The molecule has 3 fully saturated rings. The Balaban J connectivity index is 1.27. The molecule has 1 spiro atoms. The molecule has 1 saturated carbocycles. The fraction of sp³-hybridized carbons (Fsp3) is 0.548. The molecule has 5 heterocycles. The van der Waals surface area contributed by atoms with Gasteiger partial charge in [-0.15, -0.1) is 0 Å². The van der Waals surface area contributed by atoms with Crippen LogP contribution in [-0.2, 0) is 17.8 Å². The second-order valence-electron chi connectivity index (χ2n) is 12.4. The van der Waals surface area contributed by atoms with Gasteiger partial charge in [0.1, 0.15) is 12.4 Å². The van der Waals surface area contributed by atoms with E-state index in [0.717, 1.165) is 61.2 Å². The van der Waals surface area contributed by atoms with Crippen molar-refractivity contribution in [3.8, 4) is 6.01 Å². The lowest BCUT2D eigenvalue weighted by Gasteiger charge is -2.44. The van der Waals surface area contributed by atoms with Gasteiger partial charge in [-0.2, -0.15) is 15.1 Å². The average Bonchev–Trinajstić information content (AvgIpc) is 3.35. The lowest BCUT2D eigenvalue weighted by molar-refractivity contribution is -0.126. The number of likely N-dealkylation sites (N-methyl/N-ethyl adjacent to an activating group) is 1. The summed E-state index contributed by atoms with van der Waals surface area (Å²) in [5.74, 6) is 0.967. The summed E-state index contributed by atoms with van der Waals surface area (Å²) in [7, 11) is 2.16. The van der Waals surface area contributed by atoms with Gasteiger partial charge in [-0.3, -0.25) is 9.89 Å². The summed E-state index contributed by atoms with van der Waals surface area (Å²) in [6.07, 6.45) is 8.88. The average molecular weight is 557 g/mol. The number of fused-ring (bicyclic) bond motifs is 2. The Bertz CT molecular complexity index is 1500. The van der Waals surface area contributed by atoms with Crippen LogP contribution in [0.25, 0.3) is 10.9 Å². The number of carbonyl (C=O) groups is 1. The quantitative estimate of drug-likeness (QED) is 0.462. The number of carbonyl (C=O) groups excluding carboxylic acids is 1. The SMILES string of the molecule is C=CC(=O)N1CCN(c2nc(OC[C@@H]3CCCN3C)nc3c2CC2(CC2)N(c2c(C)ccc4[nH]ncc24)C3)[C@@H](C)C1. The number of benzene rings is 1. The van der Waals surface area contributed by atoms with Crippen LogP contribution in [0.15, 0.2) is 31.0 Å². The third kappa shape index (κ3) is 4.52. The lowest BCUT2D eigenvalue weighted by atomic mass is 9.93. The number of amides is 1. The van der Waals surface area contributed by atoms with Crippen LogP contribution < -0.4 is 14.5 Å². The molecule has 10 heteroatoms. The first-order valence-electron chi connectivity index (χ1n) is 15.0. The van der Waals surface area contributed by atoms with Crippen LogP contribution in [0.1, 0.15) is 49.4 Å². The van der Waals surface area contributed by atoms with Crippen molar-refractivity contribution in [3.05, 3.63) is 47.8 Å². The summed E-state index contributed by atoms with van der Waals surface area (Å²) in [6.45, 7) is 12.5. The number of H-pyrrole nitrogens is 1. The smallest absolute Gasteiger partial charge is 0.318 e. The Morgan fingerprint density at radius 1 is 1.24 bits per heavy atom. The number of nitrogens with one attached hydrogen (secondary N) is 1. The van der Waals surface area contributed by atoms with Gasteiger partial charge in [0, 0.05) is 54.6 Å². The molecule has 0 bridgehead atoms. The van der Waals surface area contributed by atoms with E-state index in [4.69, 9.17) is 14.7 Å². The number of piperazine rings is 1. The number of aryl methyl sites for hydroxylation is 1. The van der Waals surface area contributed by atoms with Gasteiger partial charge in [-0.25, -0.2) is 0 Å². The highest BCUT2D eigenvalue weighted by atomic mass is 16.5. The van der Waals surface area contributed by atoms with Gasteiger partial charge >= 0.3 is 6.01 Å². The number of hydrogen-bond acceptors (Lipinski definition) is 8. The molecule has 10 nitrogen and oxygen atoms in total. The molecule has 2 atom stereocenters. The van der Waals surface area contributed by atoms with Gasteiger partial charge in [0.05, 0.1) is 29.6 Å². The van der Waals surface area contributed by atoms with Gasteiger partial charge in [-0.05, 0) is 70.8 Å². The molecule has 41 heavy (non-hydrogen) atoms. The molecule has 1 aromatic carbocycles. The lowest BCUT2D eigenvalue weighted by Crippen LogP contribution is -2.54. The molecule has 7 rings (SSSR count). The first-order valence-corrected chi connectivity index (χ1v) is 15.0. The van der Waals surface area contributed by atoms with E-state index in [1.165, 1.54) is 29.3 Å². The molecule has 2 saturated heterocycles.